The molecule has 1 atom stereocenters. The Hall–Kier alpha value is -1.92. The third-order valence-corrected chi connectivity index (χ3v) is 6.18. The minimum absolute atomic E-state index is 0.0623. The second-order valence-corrected chi connectivity index (χ2v) is 7.91. The molecule has 0 spiro atoms. The Morgan fingerprint density at radius 2 is 1.96 bits per heavy atom. The molecule has 1 saturated heterocycles. The van der Waals surface area contributed by atoms with E-state index in [1.165, 1.54) is 18.4 Å². The van der Waals surface area contributed by atoms with Crippen LogP contribution in [0.5, 0.6) is 5.88 Å². The average molecular weight is 356 g/mol. The first kappa shape index (κ1) is 16.5. The number of benzene rings is 1. The summed E-state index contributed by atoms with van der Waals surface area (Å²) in [5.41, 5.74) is 1.22. The minimum Gasteiger partial charge on any atom is -0.492 e. The largest absolute Gasteiger partial charge is 0.492 e. The fourth-order valence-corrected chi connectivity index (χ4v) is 4.70. The molecule has 132 valence electrons. The van der Waals surface area contributed by atoms with E-state index in [2.05, 4.69) is 46.2 Å². The Kier molecular flexibility index (Phi) is 4.48. The molecule has 1 N–H and O–H groups in total. The van der Waals surface area contributed by atoms with Gasteiger partial charge < -0.3 is 5.11 Å². The fraction of sp³-hybridized carbons (Fsp3) is 0.474. The zero-order chi connectivity index (χ0) is 17.4. The van der Waals surface area contributed by atoms with Gasteiger partial charge in [0.05, 0.1) is 10.9 Å². The van der Waals surface area contributed by atoms with Gasteiger partial charge >= 0.3 is 0 Å². The number of hydrogen-bond donors (Lipinski definition) is 1. The number of aromatic hydroxyl groups is 1. The van der Waals surface area contributed by atoms with E-state index in [1.54, 1.807) is 15.9 Å². The Bertz CT molecular complexity index is 849. The Morgan fingerprint density at radius 1 is 1.24 bits per heavy atom. The van der Waals surface area contributed by atoms with Gasteiger partial charge in [0.1, 0.15) is 0 Å². The maximum Gasteiger partial charge on any atom is 0.230 e. The quantitative estimate of drug-likeness (QED) is 0.771. The van der Waals surface area contributed by atoms with Crippen LogP contribution in [0, 0.1) is 5.92 Å². The van der Waals surface area contributed by atoms with Gasteiger partial charge in [-0.1, -0.05) is 55.5 Å². The van der Waals surface area contributed by atoms with Crippen molar-refractivity contribution in [3.63, 3.8) is 0 Å². The topological polar surface area (TPSA) is 53.7 Å². The number of fused-ring (bicyclic) bond motifs is 1. The Labute approximate surface area is 151 Å². The standard InChI is InChI=1S/C19H24N4OS/c1-3-15-20-19-23(21-15)18(24)17(25-19)16(14-7-5-4-6-8-14)22-11-9-13(2)10-12-22/h4-8,13,16,24H,3,9-12H2,1-2H3/t16-/m1/s1. The highest BCUT2D eigenvalue weighted by Gasteiger charge is 2.31. The molecule has 0 aliphatic carbocycles. The second kappa shape index (κ2) is 6.77. The Balaban J connectivity index is 1.78. The monoisotopic (exact) mass is 356 g/mol. The number of aromatic nitrogens is 3. The molecule has 0 radical (unpaired) electrons. The average Bonchev–Trinajstić information content (AvgIpc) is 3.18. The number of thiazole rings is 1. The SMILES string of the molecule is CCc1nc2sc([C@@H](c3ccccc3)N3CCC(C)CC3)c(O)n2n1. The molecule has 1 fully saturated rings. The van der Waals surface area contributed by atoms with Crippen molar-refractivity contribution in [3.05, 3.63) is 46.6 Å². The van der Waals surface area contributed by atoms with Crippen LogP contribution in [0.4, 0.5) is 0 Å². The summed E-state index contributed by atoms with van der Waals surface area (Å²) in [6.45, 7) is 6.45. The fourth-order valence-electron chi connectivity index (χ4n) is 3.57. The highest BCUT2D eigenvalue weighted by Crippen LogP contribution is 2.41. The zero-order valence-corrected chi connectivity index (χ0v) is 15.5. The molecule has 0 bridgehead atoms. The van der Waals surface area contributed by atoms with E-state index in [9.17, 15) is 5.11 Å². The normalized spacial score (nSPS) is 18.0. The lowest BCUT2D eigenvalue weighted by atomic mass is 9.95. The molecule has 4 rings (SSSR count). The summed E-state index contributed by atoms with van der Waals surface area (Å²) in [6, 6.07) is 10.5. The molecular formula is C19H24N4OS. The first-order valence-corrected chi connectivity index (χ1v) is 9.85. The van der Waals surface area contributed by atoms with E-state index in [1.807, 2.05) is 13.0 Å². The number of aryl methyl sites for hydroxylation is 1. The molecule has 1 aliphatic heterocycles. The number of piperidine rings is 1. The van der Waals surface area contributed by atoms with Crippen molar-refractivity contribution in [1.82, 2.24) is 19.5 Å². The van der Waals surface area contributed by atoms with Crippen molar-refractivity contribution < 1.29 is 5.11 Å². The number of likely N-dealkylation sites (tertiary alicyclic amines) is 1. The molecule has 0 amide bonds. The minimum atomic E-state index is 0.0623. The maximum absolute atomic E-state index is 10.9. The molecule has 0 unspecified atom stereocenters. The second-order valence-electron chi connectivity index (χ2n) is 6.90. The Morgan fingerprint density at radius 3 is 2.60 bits per heavy atom. The van der Waals surface area contributed by atoms with Crippen molar-refractivity contribution in [2.75, 3.05) is 13.1 Å². The predicted octanol–water partition coefficient (Wildman–Crippen LogP) is 3.88. The van der Waals surface area contributed by atoms with Gasteiger partial charge in [0.25, 0.3) is 0 Å². The van der Waals surface area contributed by atoms with E-state index in [0.717, 1.165) is 41.1 Å². The van der Waals surface area contributed by atoms with Crippen LogP contribution in [0.2, 0.25) is 0 Å². The molecule has 3 aromatic rings. The summed E-state index contributed by atoms with van der Waals surface area (Å²) in [5.74, 6) is 1.78. The van der Waals surface area contributed by atoms with Gasteiger partial charge in [-0.25, -0.2) is 4.98 Å². The summed E-state index contributed by atoms with van der Waals surface area (Å²) in [6.07, 6.45) is 3.17. The molecule has 6 heteroatoms. The highest BCUT2D eigenvalue weighted by molar-refractivity contribution is 7.17. The summed E-state index contributed by atoms with van der Waals surface area (Å²) in [5, 5.41) is 15.3. The van der Waals surface area contributed by atoms with Gasteiger partial charge in [-0.15, -0.1) is 5.10 Å². The van der Waals surface area contributed by atoms with Gasteiger partial charge in [-0.2, -0.15) is 4.52 Å². The predicted molar refractivity (Wildman–Crippen MR) is 100 cm³/mol. The summed E-state index contributed by atoms with van der Waals surface area (Å²) in [4.78, 5) is 8.74. The van der Waals surface area contributed by atoms with Crippen LogP contribution in [0.15, 0.2) is 30.3 Å². The van der Waals surface area contributed by atoms with Crippen molar-refractivity contribution in [3.8, 4) is 5.88 Å². The van der Waals surface area contributed by atoms with E-state index in [4.69, 9.17) is 0 Å². The third-order valence-electron chi connectivity index (χ3n) is 5.11. The third kappa shape index (κ3) is 3.04. The van der Waals surface area contributed by atoms with E-state index in [-0.39, 0.29) is 11.9 Å². The van der Waals surface area contributed by atoms with E-state index >= 15 is 0 Å². The van der Waals surface area contributed by atoms with Gasteiger partial charge in [0, 0.05) is 6.42 Å². The van der Waals surface area contributed by atoms with Gasteiger partial charge in [-0.3, -0.25) is 4.90 Å². The number of nitrogens with zero attached hydrogens (tertiary/aromatic N) is 4. The van der Waals surface area contributed by atoms with Crippen LogP contribution in [0.1, 0.15) is 49.0 Å². The van der Waals surface area contributed by atoms with E-state index < -0.39 is 0 Å². The molecule has 2 aromatic heterocycles. The van der Waals surface area contributed by atoms with Crippen molar-refractivity contribution in [2.24, 2.45) is 5.92 Å². The van der Waals surface area contributed by atoms with Crippen molar-refractivity contribution >= 4 is 16.3 Å². The van der Waals surface area contributed by atoms with Crippen LogP contribution in [-0.4, -0.2) is 37.7 Å². The molecule has 5 nitrogen and oxygen atoms in total. The number of hydrogen-bond acceptors (Lipinski definition) is 5. The van der Waals surface area contributed by atoms with Gasteiger partial charge in [-0.05, 0) is 37.4 Å². The summed E-state index contributed by atoms with van der Waals surface area (Å²) < 4.78 is 1.60. The van der Waals surface area contributed by atoms with Crippen LogP contribution >= 0.6 is 11.3 Å². The van der Waals surface area contributed by atoms with Crippen LogP contribution in [0.25, 0.3) is 4.96 Å². The first-order chi connectivity index (χ1) is 12.2. The van der Waals surface area contributed by atoms with Crippen LogP contribution in [0.3, 0.4) is 0 Å². The zero-order valence-electron chi connectivity index (χ0n) is 14.7. The molecule has 1 aliphatic rings. The lowest BCUT2D eigenvalue weighted by molar-refractivity contribution is 0.157. The smallest absolute Gasteiger partial charge is 0.230 e. The summed E-state index contributed by atoms with van der Waals surface area (Å²) >= 11 is 1.56. The highest BCUT2D eigenvalue weighted by atomic mass is 32.1. The lowest BCUT2D eigenvalue weighted by Gasteiger charge is -2.36. The lowest BCUT2D eigenvalue weighted by Crippen LogP contribution is -2.36. The maximum atomic E-state index is 10.9. The van der Waals surface area contributed by atoms with Crippen molar-refractivity contribution in [2.45, 2.75) is 39.2 Å². The molecule has 25 heavy (non-hydrogen) atoms. The van der Waals surface area contributed by atoms with Crippen LogP contribution in [-0.2, 0) is 6.42 Å². The summed E-state index contributed by atoms with van der Waals surface area (Å²) in [7, 11) is 0. The van der Waals surface area contributed by atoms with Gasteiger partial charge in [0.2, 0.25) is 10.8 Å². The molecule has 3 heterocycles. The molecular weight excluding hydrogens is 332 g/mol. The molecule has 0 saturated carbocycles. The van der Waals surface area contributed by atoms with Crippen LogP contribution < -0.4 is 0 Å². The van der Waals surface area contributed by atoms with E-state index in [0.29, 0.717) is 0 Å². The number of rotatable bonds is 4. The van der Waals surface area contributed by atoms with Crippen molar-refractivity contribution in [1.29, 1.82) is 0 Å². The molecule has 1 aromatic carbocycles. The van der Waals surface area contributed by atoms with Gasteiger partial charge in [0.15, 0.2) is 5.82 Å². The first-order valence-electron chi connectivity index (χ1n) is 9.03.